The number of carbonyl (C=O) groups excluding carboxylic acids is 3. The van der Waals surface area contributed by atoms with E-state index in [1.807, 2.05) is 67.5 Å². The van der Waals surface area contributed by atoms with Crippen molar-refractivity contribution in [2.75, 3.05) is 50.3 Å². The van der Waals surface area contributed by atoms with Gasteiger partial charge in [0.2, 0.25) is 5.91 Å². The van der Waals surface area contributed by atoms with Gasteiger partial charge in [-0.1, -0.05) is 36.4 Å². The molecule has 37 heavy (non-hydrogen) atoms. The second-order valence-corrected chi connectivity index (χ2v) is 9.66. The zero-order valence-electron chi connectivity index (χ0n) is 21.0. The van der Waals surface area contributed by atoms with Crippen molar-refractivity contribution in [1.82, 2.24) is 4.90 Å². The van der Waals surface area contributed by atoms with Crippen LogP contribution in [0.15, 0.2) is 71.2 Å². The summed E-state index contributed by atoms with van der Waals surface area (Å²) in [4.78, 5) is 41.1. The first-order valence-corrected chi connectivity index (χ1v) is 12.3. The van der Waals surface area contributed by atoms with Gasteiger partial charge >= 0.3 is 5.97 Å². The van der Waals surface area contributed by atoms with E-state index in [-0.39, 0.29) is 11.8 Å². The van der Waals surface area contributed by atoms with Crippen LogP contribution in [-0.2, 0) is 14.3 Å². The van der Waals surface area contributed by atoms with E-state index in [4.69, 9.17) is 4.74 Å². The van der Waals surface area contributed by atoms with Crippen LogP contribution in [-0.4, -0.2) is 57.5 Å². The van der Waals surface area contributed by atoms with Crippen molar-refractivity contribution in [1.29, 1.82) is 0 Å². The third kappa shape index (κ3) is 5.58. The van der Waals surface area contributed by atoms with Gasteiger partial charge in [0.25, 0.3) is 5.91 Å². The summed E-state index contributed by atoms with van der Waals surface area (Å²) in [5.41, 5.74) is 4.90. The van der Waals surface area contributed by atoms with Gasteiger partial charge in [0.05, 0.1) is 41.9 Å². The smallest absolute Gasteiger partial charge is 0.337 e. The van der Waals surface area contributed by atoms with Gasteiger partial charge in [-0.25, -0.2) is 4.79 Å². The number of halogens is 1. The number of nitrogens with zero attached hydrogens (tertiary/aromatic N) is 2. The SMILES string of the molecule is COC(=O)c1ccc2c(c1)NC(=O)/C2=C(\Nc1ccc(N(C)C(=O)CN(C)C)c(Br)c1)c1ccccc1. The van der Waals surface area contributed by atoms with Crippen molar-refractivity contribution < 1.29 is 19.1 Å². The third-order valence-electron chi connectivity index (χ3n) is 5.90. The van der Waals surface area contributed by atoms with Gasteiger partial charge in [-0.05, 0) is 65.9 Å². The summed E-state index contributed by atoms with van der Waals surface area (Å²) < 4.78 is 5.53. The van der Waals surface area contributed by atoms with Gasteiger partial charge in [-0.3, -0.25) is 9.59 Å². The molecule has 0 saturated heterocycles. The lowest BCUT2D eigenvalue weighted by Crippen LogP contribution is -2.35. The molecular formula is C28H27BrN4O4. The van der Waals surface area contributed by atoms with Crippen molar-refractivity contribution >= 4 is 62.0 Å². The van der Waals surface area contributed by atoms with Crippen LogP contribution in [0.5, 0.6) is 0 Å². The van der Waals surface area contributed by atoms with Gasteiger partial charge < -0.3 is 25.2 Å². The number of hydrogen-bond donors (Lipinski definition) is 2. The number of anilines is 3. The molecule has 1 aliphatic rings. The zero-order chi connectivity index (χ0) is 26.7. The Kier molecular flexibility index (Phi) is 7.75. The lowest BCUT2D eigenvalue weighted by molar-refractivity contribution is -0.119. The number of benzene rings is 3. The van der Waals surface area contributed by atoms with Crippen molar-refractivity contribution in [3.8, 4) is 0 Å². The standard InChI is InChI=1S/C28H27BrN4O4/c1-32(2)16-24(34)33(3)23-13-11-19(15-21(23)29)30-26(17-8-6-5-7-9-17)25-20-12-10-18(28(36)37-4)14-22(20)31-27(25)35/h5-15,30H,16H2,1-4H3,(H,31,35)/b26-25-. The van der Waals surface area contributed by atoms with E-state index in [0.29, 0.717) is 34.6 Å². The fourth-order valence-corrected chi connectivity index (χ4v) is 4.71. The Morgan fingerprint density at radius 1 is 0.973 bits per heavy atom. The van der Waals surface area contributed by atoms with Crippen molar-refractivity contribution in [2.24, 2.45) is 0 Å². The first-order chi connectivity index (χ1) is 17.7. The number of ether oxygens (including phenoxy) is 1. The fourth-order valence-electron chi connectivity index (χ4n) is 4.06. The van der Waals surface area contributed by atoms with Crippen LogP contribution in [0.2, 0.25) is 0 Å². The second-order valence-electron chi connectivity index (χ2n) is 8.80. The second kappa shape index (κ2) is 11.0. The number of hydrogen-bond acceptors (Lipinski definition) is 6. The predicted octanol–water partition coefficient (Wildman–Crippen LogP) is 4.69. The number of carbonyl (C=O) groups is 3. The molecule has 0 unspecified atom stereocenters. The van der Waals surface area contributed by atoms with Crippen LogP contribution in [0, 0.1) is 0 Å². The Morgan fingerprint density at radius 2 is 1.70 bits per heavy atom. The average Bonchev–Trinajstić information content (AvgIpc) is 3.21. The minimum Gasteiger partial charge on any atom is -0.465 e. The van der Waals surface area contributed by atoms with Crippen LogP contribution in [0.3, 0.4) is 0 Å². The Labute approximate surface area is 224 Å². The van der Waals surface area contributed by atoms with Gasteiger partial charge in [0, 0.05) is 22.8 Å². The lowest BCUT2D eigenvalue weighted by atomic mass is 9.99. The summed E-state index contributed by atoms with van der Waals surface area (Å²) in [6, 6.07) is 20.1. The quantitative estimate of drug-likeness (QED) is 0.320. The number of rotatable bonds is 7. The highest BCUT2D eigenvalue weighted by atomic mass is 79.9. The van der Waals surface area contributed by atoms with E-state index < -0.39 is 5.97 Å². The minimum atomic E-state index is -0.477. The highest BCUT2D eigenvalue weighted by molar-refractivity contribution is 9.10. The highest BCUT2D eigenvalue weighted by Gasteiger charge is 2.29. The molecule has 2 N–H and O–H groups in total. The number of methoxy groups -OCH3 is 1. The summed E-state index contributed by atoms with van der Waals surface area (Å²) in [6.45, 7) is 0.291. The largest absolute Gasteiger partial charge is 0.465 e. The molecular weight excluding hydrogens is 536 g/mol. The maximum absolute atomic E-state index is 13.2. The first kappa shape index (κ1) is 26.1. The molecule has 1 heterocycles. The maximum atomic E-state index is 13.2. The monoisotopic (exact) mass is 562 g/mol. The number of esters is 1. The molecule has 3 aromatic rings. The molecule has 0 fully saturated rings. The molecule has 8 nitrogen and oxygen atoms in total. The Hall–Kier alpha value is -3.95. The van der Waals surface area contributed by atoms with E-state index in [9.17, 15) is 14.4 Å². The van der Waals surface area contributed by atoms with Crippen molar-refractivity contribution in [2.45, 2.75) is 0 Å². The molecule has 9 heteroatoms. The molecule has 3 aromatic carbocycles. The van der Waals surface area contributed by atoms with Crippen LogP contribution in [0.1, 0.15) is 21.5 Å². The summed E-state index contributed by atoms with van der Waals surface area (Å²) in [7, 11) is 6.75. The molecule has 0 saturated carbocycles. The van der Waals surface area contributed by atoms with Crippen molar-refractivity contribution in [3.63, 3.8) is 0 Å². The van der Waals surface area contributed by atoms with Crippen molar-refractivity contribution in [3.05, 3.63) is 87.9 Å². The molecule has 0 radical (unpaired) electrons. The number of likely N-dealkylation sites (N-methyl/N-ethyl adjacent to an activating group) is 2. The van der Waals surface area contributed by atoms with Gasteiger partial charge in [-0.2, -0.15) is 0 Å². The van der Waals surface area contributed by atoms with E-state index in [0.717, 1.165) is 21.4 Å². The molecule has 0 spiro atoms. The molecule has 0 aliphatic carbocycles. The fraction of sp³-hybridized carbons (Fsp3) is 0.179. The first-order valence-electron chi connectivity index (χ1n) is 11.5. The van der Waals surface area contributed by atoms with E-state index in [1.165, 1.54) is 7.11 Å². The van der Waals surface area contributed by atoms with Crippen LogP contribution >= 0.6 is 15.9 Å². The molecule has 1 aliphatic heterocycles. The maximum Gasteiger partial charge on any atom is 0.337 e. The Bertz CT molecular complexity index is 1400. The van der Waals surface area contributed by atoms with E-state index in [2.05, 4.69) is 26.6 Å². The molecule has 0 aromatic heterocycles. The third-order valence-corrected chi connectivity index (χ3v) is 6.54. The van der Waals surface area contributed by atoms with Gasteiger partial charge in [-0.15, -0.1) is 0 Å². The van der Waals surface area contributed by atoms with Crippen LogP contribution in [0.4, 0.5) is 17.1 Å². The molecule has 190 valence electrons. The molecule has 0 bridgehead atoms. The summed E-state index contributed by atoms with van der Waals surface area (Å²) in [6.07, 6.45) is 0. The molecule has 4 rings (SSSR count). The van der Waals surface area contributed by atoms with Crippen LogP contribution < -0.4 is 15.5 Å². The van der Waals surface area contributed by atoms with Crippen LogP contribution in [0.25, 0.3) is 11.3 Å². The zero-order valence-corrected chi connectivity index (χ0v) is 22.5. The minimum absolute atomic E-state index is 0.0379. The Balaban J connectivity index is 1.75. The van der Waals surface area contributed by atoms with E-state index in [1.54, 1.807) is 30.1 Å². The summed E-state index contributed by atoms with van der Waals surface area (Å²) >= 11 is 3.59. The predicted molar refractivity (Wildman–Crippen MR) is 149 cm³/mol. The van der Waals surface area contributed by atoms with E-state index >= 15 is 0 Å². The van der Waals surface area contributed by atoms with Gasteiger partial charge in [0.15, 0.2) is 0 Å². The number of amides is 2. The summed E-state index contributed by atoms with van der Waals surface area (Å²) in [5, 5.41) is 6.28. The number of nitrogens with one attached hydrogen (secondary N) is 2. The average molecular weight is 563 g/mol. The number of fused-ring (bicyclic) bond motifs is 1. The van der Waals surface area contributed by atoms with Gasteiger partial charge in [0.1, 0.15) is 0 Å². The topological polar surface area (TPSA) is 91.0 Å². The summed E-state index contributed by atoms with van der Waals surface area (Å²) in [5.74, 6) is -0.799. The normalized spacial score (nSPS) is 13.6. The molecule has 2 amide bonds. The highest BCUT2D eigenvalue weighted by Crippen LogP contribution is 2.39. The lowest BCUT2D eigenvalue weighted by Gasteiger charge is -2.22. The molecule has 0 atom stereocenters. The Morgan fingerprint density at radius 3 is 2.35 bits per heavy atom.